The minimum atomic E-state index is -3.82. The number of nitrogens with two attached hydrogens (primary N) is 1. The van der Waals surface area contributed by atoms with Crippen LogP contribution >= 0.6 is 11.3 Å². The van der Waals surface area contributed by atoms with Crippen molar-refractivity contribution in [1.82, 2.24) is 4.31 Å². The molecule has 0 aliphatic carbocycles. The van der Waals surface area contributed by atoms with E-state index in [0.29, 0.717) is 10.3 Å². The number of ether oxygens (including phenoxy) is 1. The van der Waals surface area contributed by atoms with Crippen molar-refractivity contribution in [2.75, 3.05) is 19.8 Å². The van der Waals surface area contributed by atoms with Crippen LogP contribution in [0.5, 0.6) is 0 Å². The second kappa shape index (κ2) is 5.86. The summed E-state index contributed by atoms with van der Waals surface area (Å²) in [5, 5.41) is 0.696. The zero-order valence-corrected chi connectivity index (χ0v) is 14.5. The summed E-state index contributed by atoms with van der Waals surface area (Å²) in [6, 6.07) is 4.63. The lowest BCUT2D eigenvalue weighted by atomic mass is 10.2. The maximum absolute atomic E-state index is 13.2. The van der Waals surface area contributed by atoms with Crippen molar-refractivity contribution in [1.29, 1.82) is 0 Å². The molecule has 8 heteroatoms. The largest absolute Gasteiger partial charge is 0.378 e. The van der Waals surface area contributed by atoms with Crippen LogP contribution in [0.1, 0.15) is 10.4 Å². The van der Waals surface area contributed by atoms with E-state index in [4.69, 9.17) is 10.5 Å². The van der Waals surface area contributed by atoms with Crippen LogP contribution in [0.2, 0.25) is 0 Å². The maximum atomic E-state index is 13.2. The lowest BCUT2D eigenvalue weighted by Crippen LogP contribution is -2.54. The Kier molecular flexibility index (Phi) is 4.18. The van der Waals surface area contributed by atoms with Crippen molar-refractivity contribution in [2.45, 2.75) is 24.8 Å². The molecule has 0 saturated carbocycles. The summed E-state index contributed by atoms with van der Waals surface area (Å²) in [4.78, 5) is 12.6. The molecule has 6 nitrogen and oxygen atoms in total. The third-order valence-corrected chi connectivity index (χ3v) is 7.49. The number of benzene rings is 1. The standard InChI is InChI=1S/C15H18N2O4S2/c1-9-4-3-5-11-13(9)22-10(2)14(11)23(19,20)17-6-7-21-8-12(17)15(16)18/h3-5,12H,6-8H2,1-2H3,(H2,16,18). The lowest BCUT2D eigenvalue weighted by Gasteiger charge is -2.32. The average molecular weight is 354 g/mol. The summed E-state index contributed by atoms with van der Waals surface area (Å²) in [6.07, 6.45) is 0. The lowest BCUT2D eigenvalue weighted by molar-refractivity contribution is -0.125. The second-order valence-corrected chi connectivity index (χ2v) is 8.60. The first-order valence-corrected chi connectivity index (χ1v) is 9.47. The summed E-state index contributed by atoms with van der Waals surface area (Å²) < 4.78 is 33.7. The molecule has 23 heavy (non-hydrogen) atoms. The Morgan fingerprint density at radius 3 is 2.83 bits per heavy atom. The molecule has 0 radical (unpaired) electrons. The van der Waals surface area contributed by atoms with Crippen molar-refractivity contribution in [3.63, 3.8) is 0 Å². The monoisotopic (exact) mass is 354 g/mol. The molecule has 124 valence electrons. The fourth-order valence-corrected chi connectivity index (χ4v) is 6.28. The number of fused-ring (bicyclic) bond motifs is 1. The van der Waals surface area contributed by atoms with Crippen molar-refractivity contribution < 1.29 is 17.9 Å². The summed E-state index contributed by atoms with van der Waals surface area (Å²) in [6.45, 7) is 4.11. The molecule has 1 amide bonds. The van der Waals surface area contributed by atoms with Crippen molar-refractivity contribution in [3.8, 4) is 0 Å². The molecular weight excluding hydrogens is 336 g/mol. The van der Waals surface area contributed by atoms with Crippen LogP contribution in [0.25, 0.3) is 10.1 Å². The Bertz CT molecular complexity index is 873. The quantitative estimate of drug-likeness (QED) is 0.902. The van der Waals surface area contributed by atoms with Gasteiger partial charge in [0.25, 0.3) is 0 Å². The van der Waals surface area contributed by atoms with Crippen LogP contribution in [0, 0.1) is 13.8 Å². The van der Waals surface area contributed by atoms with E-state index < -0.39 is 22.0 Å². The van der Waals surface area contributed by atoms with Gasteiger partial charge < -0.3 is 10.5 Å². The van der Waals surface area contributed by atoms with Crippen LogP contribution in [-0.4, -0.2) is 44.4 Å². The zero-order valence-electron chi connectivity index (χ0n) is 12.9. The van der Waals surface area contributed by atoms with Crippen LogP contribution in [-0.2, 0) is 19.6 Å². The first kappa shape index (κ1) is 16.4. The number of nitrogens with zero attached hydrogens (tertiary/aromatic N) is 1. The molecule has 1 aliphatic rings. The van der Waals surface area contributed by atoms with E-state index in [1.165, 1.54) is 15.6 Å². The van der Waals surface area contributed by atoms with Gasteiger partial charge in [-0.15, -0.1) is 11.3 Å². The number of primary amides is 1. The average Bonchev–Trinajstić information content (AvgIpc) is 2.85. The summed E-state index contributed by atoms with van der Waals surface area (Å²) in [5.41, 5.74) is 6.39. The van der Waals surface area contributed by atoms with Crippen molar-refractivity contribution >= 4 is 37.4 Å². The highest BCUT2D eigenvalue weighted by molar-refractivity contribution is 7.89. The number of aryl methyl sites for hydroxylation is 2. The van der Waals surface area contributed by atoms with Gasteiger partial charge in [-0.05, 0) is 19.4 Å². The number of hydrogen-bond donors (Lipinski definition) is 1. The Hall–Kier alpha value is -1.48. The molecule has 1 saturated heterocycles. The van der Waals surface area contributed by atoms with Crippen LogP contribution < -0.4 is 5.73 Å². The topological polar surface area (TPSA) is 89.7 Å². The van der Waals surface area contributed by atoms with E-state index in [2.05, 4.69) is 0 Å². The van der Waals surface area contributed by atoms with Crippen LogP contribution in [0.15, 0.2) is 23.1 Å². The van der Waals surface area contributed by atoms with Gasteiger partial charge in [0.05, 0.1) is 13.2 Å². The Morgan fingerprint density at radius 1 is 1.39 bits per heavy atom. The molecule has 0 spiro atoms. The maximum Gasteiger partial charge on any atom is 0.245 e. The van der Waals surface area contributed by atoms with E-state index in [0.717, 1.165) is 10.3 Å². The van der Waals surface area contributed by atoms with E-state index >= 15 is 0 Å². The molecule has 1 aromatic carbocycles. The molecule has 1 fully saturated rings. The molecule has 1 atom stereocenters. The fourth-order valence-electron chi connectivity index (χ4n) is 2.89. The Morgan fingerprint density at radius 2 is 2.13 bits per heavy atom. The Labute approximate surface area is 138 Å². The molecule has 2 aromatic rings. The first-order valence-electron chi connectivity index (χ1n) is 7.21. The number of thiophene rings is 1. The van der Waals surface area contributed by atoms with E-state index in [1.54, 1.807) is 13.0 Å². The SMILES string of the molecule is Cc1sc2c(C)cccc2c1S(=O)(=O)N1CCOCC1C(N)=O. The first-order chi connectivity index (χ1) is 10.8. The second-order valence-electron chi connectivity index (χ2n) is 5.55. The van der Waals surface area contributed by atoms with Gasteiger partial charge in [0.1, 0.15) is 10.9 Å². The Balaban J connectivity index is 2.18. The number of amides is 1. The number of sulfonamides is 1. The van der Waals surface area contributed by atoms with Crippen molar-refractivity contribution in [3.05, 3.63) is 28.6 Å². The highest BCUT2D eigenvalue weighted by Gasteiger charge is 2.39. The summed E-state index contributed by atoms with van der Waals surface area (Å²) >= 11 is 1.45. The molecule has 2 N–H and O–H groups in total. The molecule has 2 heterocycles. The third-order valence-electron chi connectivity index (χ3n) is 4.01. The predicted octanol–water partition coefficient (Wildman–Crippen LogP) is 1.39. The fraction of sp³-hybridized carbons (Fsp3) is 0.400. The number of rotatable bonds is 3. The molecule has 1 aromatic heterocycles. The van der Waals surface area contributed by atoms with Gasteiger partial charge in [0, 0.05) is 21.5 Å². The molecule has 3 rings (SSSR count). The van der Waals surface area contributed by atoms with Gasteiger partial charge in [0.2, 0.25) is 15.9 Å². The predicted molar refractivity (Wildman–Crippen MR) is 89.0 cm³/mol. The minimum absolute atomic E-state index is 0.00525. The van der Waals surface area contributed by atoms with Crippen LogP contribution in [0.4, 0.5) is 0 Å². The van der Waals surface area contributed by atoms with Crippen LogP contribution in [0.3, 0.4) is 0 Å². The van der Waals surface area contributed by atoms with Gasteiger partial charge >= 0.3 is 0 Å². The van der Waals surface area contributed by atoms with Gasteiger partial charge in [-0.2, -0.15) is 4.31 Å². The van der Waals surface area contributed by atoms with Gasteiger partial charge in [0.15, 0.2) is 0 Å². The number of hydrogen-bond acceptors (Lipinski definition) is 5. The van der Waals surface area contributed by atoms with E-state index in [1.807, 2.05) is 19.1 Å². The zero-order chi connectivity index (χ0) is 16.8. The van der Waals surface area contributed by atoms with Crippen molar-refractivity contribution in [2.24, 2.45) is 5.73 Å². The minimum Gasteiger partial charge on any atom is -0.378 e. The van der Waals surface area contributed by atoms with E-state index in [-0.39, 0.29) is 24.7 Å². The van der Waals surface area contributed by atoms with E-state index in [9.17, 15) is 13.2 Å². The summed E-state index contributed by atoms with van der Waals surface area (Å²) in [5.74, 6) is -0.693. The molecule has 0 bridgehead atoms. The third kappa shape index (κ3) is 2.65. The van der Waals surface area contributed by atoms with Gasteiger partial charge in [-0.1, -0.05) is 18.2 Å². The smallest absolute Gasteiger partial charge is 0.245 e. The highest BCUT2D eigenvalue weighted by atomic mass is 32.2. The number of morpholine rings is 1. The molecule has 1 unspecified atom stereocenters. The molecular formula is C15H18N2O4S2. The summed E-state index contributed by atoms with van der Waals surface area (Å²) in [7, 11) is -3.82. The highest BCUT2D eigenvalue weighted by Crippen LogP contribution is 2.38. The number of carbonyl (C=O) groups is 1. The van der Waals surface area contributed by atoms with Gasteiger partial charge in [-0.3, -0.25) is 4.79 Å². The number of carbonyl (C=O) groups excluding carboxylic acids is 1. The normalized spacial score (nSPS) is 20.0. The van der Waals surface area contributed by atoms with Gasteiger partial charge in [-0.25, -0.2) is 8.42 Å². The molecule has 1 aliphatic heterocycles.